The largest absolute Gasteiger partial charge is 0.471 e. The van der Waals surface area contributed by atoms with E-state index in [4.69, 9.17) is 9.26 Å². The number of thiophene rings is 1. The van der Waals surface area contributed by atoms with Crippen molar-refractivity contribution in [3.8, 4) is 16.5 Å². The number of hydrogen-bond acceptors (Lipinski definition) is 7. The number of ether oxygens (including phenoxy) is 1. The molecule has 1 aliphatic heterocycles. The highest BCUT2D eigenvalue weighted by atomic mass is 32.1. The molecule has 0 saturated carbocycles. The topological polar surface area (TPSA) is 81.4 Å². The van der Waals surface area contributed by atoms with Gasteiger partial charge in [-0.25, -0.2) is 0 Å². The van der Waals surface area contributed by atoms with Crippen LogP contribution in [0.25, 0.3) is 10.6 Å². The van der Waals surface area contributed by atoms with Gasteiger partial charge in [-0.05, 0) is 17.5 Å². The molecule has 3 aromatic rings. The first-order valence-corrected chi connectivity index (χ1v) is 8.42. The molecule has 1 aliphatic rings. The second kappa shape index (κ2) is 6.40. The second-order valence-electron chi connectivity index (χ2n) is 5.40. The minimum absolute atomic E-state index is 0.0886. The van der Waals surface area contributed by atoms with Crippen LogP contribution in [0, 0.1) is 0 Å². The van der Waals surface area contributed by atoms with E-state index in [0.29, 0.717) is 30.4 Å². The maximum atomic E-state index is 12.6. The molecule has 0 N–H and O–H groups in total. The molecule has 1 fully saturated rings. The summed E-state index contributed by atoms with van der Waals surface area (Å²) in [5, 5.41) is 13.5. The molecule has 122 valence electrons. The van der Waals surface area contributed by atoms with Crippen LogP contribution in [0.2, 0.25) is 0 Å². The first-order chi connectivity index (χ1) is 11.8. The molecule has 1 saturated heterocycles. The SMILES string of the molecule is O=C(c1cc(-c2cccs2)on1)N1CCC(Oc2cccnn2)C1. The summed E-state index contributed by atoms with van der Waals surface area (Å²) in [6.45, 7) is 1.11. The van der Waals surface area contributed by atoms with Crippen LogP contribution in [0.15, 0.2) is 46.4 Å². The fourth-order valence-corrected chi connectivity index (χ4v) is 3.28. The number of nitrogens with zero attached hydrogens (tertiary/aromatic N) is 4. The zero-order valence-electron chi connectivity index (χ0n) is 12.7. The van der Waals surface area contributed by atoms with Gasteiger partial charge in [0.2, 0.25) is 5.88 Å². The molecule has 7 nitrogen and oxygen atoms in total. The van der Waals surface area contributed by atoms with Crippen LogP contribution in [-0.2, 0) is 0 Å². The molecule has 0 aromatic carbocycles. The first-order valence-electron chi connectivity index (χ1n) is 7.54. The highest BCUT2D eigenvalue weighted by molar-refractivity contribution is 7.13. The summed E-state index contributed by atoms with van der Waals surface area (Å²) in [5.41, 5.74) is 0.318. The quantitative estimate of drug-likeness (QED) is 0.724. The minimum atomic E-state index is -0.146. The van der Waals surface area contributed by atoms with E-state index in [1.165, 1.54) is 0 Å². The van der Waals surface area contributed by atoms with Gasteiger partial charge in [0, 0.05) is 31.3 Å². The summed E-state index contributed by atoms with van der Waals surface area (Å²) in [5.74, 6) is 0.935. The van der Waals surface area contributed by atoms with Gasteiger partial charge >= 0.3 is 0 Å². The molecule has 8 heteroatoms. The molecule has 1 amide bonds. The zero-order chi connectivity index (χ0) is 16.4. The van der Waals surface area contributed by atoms with Crippen LogP contribution < -0.4 is 4.74 Å². The predicted molar refractivity (Wildman–Crippen MR) is 86.8 cm³/mol. The summed E-state index contributed by atoms with van der Waals surface area (Å²) in [4.78, 5) is 15.2. The first kappa shape index (κ1) is 14.8. The molecule has 1 atom stereocenters. The number of hydrogen-bond donors (Lipinski definition) is 0. The Hall–Kier alpha value is -2.74. The Bertz CT molecular complexity index is 819. The lowest BCUT2D eigenvalue weighted by Crippen LogP contribution is -2.31. The van der Waals surface area contributed by atoms with Gasteiger partial charge in [-0.15, -0.1) is 16.4 Å². The normalized spacial score (nSPS) is 17.2. The molecule has 4 rings (SSSR count). The van der Waals surface area contributed by atoms with Gasteiger partial charge in [0.15, 0.2) is 11.5 Å². The highest BCUT2D eigenvalue weighted by Gasteiger charge is 2.30. The van der Waals surface area contributed by atoms with Gasteiger partial charge in [-0.3, -0.25) is 4.79 Å². The highest BCUT2D eigenvalue weighted by Crippen LogP contribution is 2.26. The number of carbonyl (C=O) groups is 1. The minimum Gasteiger partial charge on any atom is -0.471 e. The third-order valence-electron chi connectivity index (χ3n) is 3.76. The summed E-state index contributed by atoms with van der Waals surface area (Å²) < 4.78 is 11.0. The smallest absolute Gasteiger partial charge is 0.276 e. The maximum Gasteiger partial charge on any atom is 0.276 e. The Morgan fingerprint density at radius 2 is 2.33 bits per heavy atom. The van der Waals surface area contributed by atoms with Crippen LogP contribution in [0.3, 0.4) is 0 Å². The molecule has 24 heavy (non-hydrogen) atoms. The molecule has 4 heterocycles. The average Bonchev–Trinajstić information content (AvgIpc) is 3.36. The number of amides is 1. The Morgan fingerprint density at radius 3 is 3.12 bits per heavy atom. The number of likely N-dealkylation sites (tertiary alicyclic amines) is 1. The van der Waals surface area contributed by atoms with E-state index in [0.717, 1.165) is 11.3 Å². The van der Waals surface area contributed by atoms with E-state index < -0.39 is 0 Å². The number of aromatic nitrogens is 3. The fraction of sp³-hybridized carbons (Fsp3) is 0.250. The molecule has 3 aromatic heterocycles. The third-order valence-corrected chi connectivity index (χ3v) is 4.65. The Kier molecular flexibility index (Phi) is 3.96. The third kappa shape index (κ3) is 3.00. The van der Waals surface area contributed by atoms with Crippen molar-refractivity contribution in [3.63, 3.8) is 0 Å². The van der Waals surface area contributed by atoms with Crippen molar-refractivity contribution >= 4 is 17.2 Å². The summed E-state index contributed by atoms with van der Waals surface area (Å²) in [6, 6.07) is 9.06. The van der Waals surface area contributed by atoms with Gasteiger partial charge in [-0.2, -0.15) is 5.10 Å². The van der Waals surface area contributed by atoms with Gasteiger partial charge in [0.1, 0.15) is 6.10 Å². The van der Waals surface area contributed by atoms with Crippen LogP contribution >= 0.6 is 11.3 Å². The van der Waals surface area contributed by atoms with Crippen molar-refractivity contribution < 1.29 is 14.1 Å². The van der Waals surface area contributed by atoms with E-state index in [1.54, 1.807) is 40.6 Å². The Labute approximate surface area is 141 Å². The molecule has 1 unspecified atom stereocenters. The van der Waals surface area contributed by atoms with E-state index in [2.05, 4.69) is 15.4 Å². The summed E-state index contributed by atoms with van der Waals surface area (Å²) in [6.07, 6.45) is 2.25. The maximum absolute atomic E-state index is 12.6. The van der Waals surface area contributed by atoms with Gasteiger partial charge in [-0.1, -0.05) is 11.2 Å². The molecule has 0 bridgehead atoms. The molecular formula is C16H14N4O3S. The van der Waals surface area contributed by atoms with Crippen molar-refractivity contribution in [2.75, 3.05) is 13.1 Å². The van der Waals surface area contributed by atoms with Crippen molar-refractivity contribution in [3.05, 3.63) is 47.6 Å². The lowest BCUT2D eigenvalue weighted by atomic mass is 10.3. The van der Waals surface area contributed by atoms with Gasteiger partial charge in [0.05, 0.1) is 11.4 Å². The monoisotopic (exact) mass is 342 g/mol. The van der Waals surface area contributed by atoms with Crippen LogP contribution in [-0.4, -0.2) is 45.4 Å². The van der Waals surface area contributed by atoms with Crippen LogP contribution in [0.5, 0.6) is 5.88 Å². The van der Waals surface area contributed by atoms with E-state index in [1.807, 2.05) is 17.5 Å². The van der Waals surface area contributed by atoms with E-state index in [-0.39, 0.29) is 12.0 Å². The lowest BCUT2D eigenvalue weighted by Gasteiger charge is -2.15. The van der Waals surface area contributed by atoms with E-state index >= 15 is 0 Å². The second-order valence-corrected chi connectivity index (χ2v) is 6.34. The average molecular weight is 342 g/mol. The van der Waals surface area contributed by atoms with Crippen molar-refractivity contribution in [1.82, 2.24) is 20.3 Å². The summed E-state index contributed by atoms with van der Waals surface area (Å²) in [7, 11) is 0. The van der Waals surface area contributed by atoms with Crippen molar-refractivity contribution in [2.45, 2.75) is 12.5 Å². The molecule has 0 radical (unpaired) electrons. The fourth-order valence-electron chi connectivity index (χ4n) is 2.60. The van der Waals surface area contributed by atoms with Gasteiger partial charge in [0.25, 0.3) is 5.91 Å². The van der Waals surface area contributed by atoms with Crippen LogP contribution in [0.1, 0.15) is 16.9 Å². The Morgan fingerprint density at radius 1 is 1.38 bits per heavy atom. The number of rotatable bonds is 4. The Balaban J connectivity index is 1.41. The lowest BCUT2D eigenvalue weighted by molar-refractivity contribution is 0.0761. The van der Waals surface area contributed by atoms with Gasteiger partial charge < -0.3 is 14.2 Å². The predicted octanol–water partition coefficient (Wildman–Crippen LogP) is 2.49. The number of carbonyl (C=O) groups excluding carboxylic acids is 1. The van der Waals surface area contributed by atoms with Crippen LogP contribution in [0.4, 0.5) is 0 Å². The van der Waals surface area contributed by atoms with Crippen molar-refractivity contribution in [2.24, 2.45) is 0 Å². The zero-order valence-corrected chi connectivity index (χ0v) is 13.5. The summed E-state index contributed by atoms with van der Waals surface area (Å²) >= 11 is 1.54. The molecule has 0 spiro atoms. The van der Waals surface area contributed by atoms with Crippen molar-refractivity contribution in [1.29, 1.82) is 0 Å². The molecule has 0 aliphatic carbocycles. The standard InChI is InChI=1S/C16H14N4O3S/c21-16(12-9-13(23-19-12)14-3-2-8-24-14)20-7-5-11(10-20)22-15-4-1-6-17-18-15/h1-4,6,8-9,11H,5,7,10H2. The van der Waals surface area contributed by atoms with E-state index in [9.17, 15) is 4.79 Å². The molecular weight excluding hydrogens is 328 g/mol.